The van der Waals surface area contributed by atoms with E-state index in [4.69, 9.17) is 5.73 Å². The van der Waals surface area contributed by atoms with Gasteiger partial charge in [0, 0.05) is 0 Å². The van der Waals surface area contributed by atoms with Crippen molar-refractivity contribution >= 4 is 0 Å². The second-order valence-corrected chi connectivity index (χ2v) is 4.08. The Bertz CT molecular complexity index is 129. The molecular weight excluding hydrogens is 170 g/mol. The number of hydrogen-bond donors (Lipinski definition) is 1. The zero-order valence-electron chi connectivity index (χ0n) is 9.97. The maximum absolute atomic E-state index is 5.67. The van der Waals surface area contributed by atoms with Crippen LogP contribution in [-0.4, -0.2) is 6.54 Å². The summed E-state index contributed by atoms with van der Waals surface area (Å²) in [6.07, 6.45) is 13.9. The van der Waals surface area contributed by atoms with E-state index in [0.29, 0.717) is 5.92 Å². The van der Waals surface area contributed by atoms with Crippen molar-refractivity contribution in [3.63, 3.8) is 0 Å². The Hall–Kier alpha value is -0.300. The van der Waals surface area contributed by atoms with E-state index < -0.39 is 0 Å². The molecule has 0 bridgehead atoms. The van der Waals surface area contributed by atoms with Gasteiger partial charge in [0.1, 0.15) is 0 Å². The molecular formula is C13H27N. The van der Waals surface area contributed by atoms with Gasteiger partial charge in [-0.15, -0.1) is 0 Å². The van der Waals surface area contributed by atoms with Gasteiger partial charge in [0.15, 0.2) is 0 Å². The van der Waals surface area contributed by atoms with Crippen LogP contribution in [0.3, 0.4) is 0 Å². The van der Waals surface area contributed by atoms with E-state index in [9.17, 15) is 0 Å². The number of unbranched alkanes of at least 4 members (excludes halogenated alkanes) is 5. The minimum absolute atomic E-state index is 0.617. The Morgan fingerprint density at radius 1 is 1.07 bits per heavy atom. The van der Waals surface area contributed by atoms with E-state index in [1.165, 1.54) is 44.9 Å². The van der Waals surface area contributed by atoms with E-state index in [-0.39, 0.29) is 0 Å². The predicted octanol–water partition coefficient (Wildman–Crippen LogP) is 3.89. The first-order chi connectivity index (χ1) is 6.85. The van der Waals surface area contributed by atoms with E-state index in [1.807, 2.05) is 0 Å². The molecule has 0 aromatic heterocycles. The summed E-state index contributed by atoms with van der Waals surface area (Å²) in [6.45, 7) is 5.14. The van der Waals surface area contributed by atoms with Gasteiger partial charge in [-0.25, -0.2) is 0 Å². The van der Waals surface area contributed by atoms with Gasteiger partial charge in [0.2, 0.25) is 0 Å². The third kappa shape index (κ3) is 8.31. The molecule has 84 valence electrons. The Morgan fingerprint density at radius 2 is 1.71 bits per heavy atom. The van der Waals surface area contributed by atoms with Crippen LogP contribution in [0.5, 0.6) is 0 Å². The predicted molar refractivity (Wildman–Crippen MR) is 65.4 cm³/mol. The van der Waals surface area contributed by atoms with Crippen molar-refractivity contribution in [1.29, 1.82) is 0 Å². The molecule has 0 radical (unpaired) electrons. The molecule has 0 spiro atoms. The van der Waals surface area contributed by atoms with E-state index in [2.05, 4.69) is 26.0 Å². The SMILES string of the molecule is CC=CC(CN)CCCCCCCC. The van der Waals surface area contributed by atoms with Crippen molar-refractivity contribution < 1.29 is 0 Å². The van der Waals surface area contributed by atoms with Crippen molar-refractivity contribution in [2.24, 2.45) is 11.7 Å². The molecule has 1 unspecified atom stereocenters. The molecule has 1 nitrogen and oxygen atoms in total. The molecule has 0 rings (SSSR count). The van der Waals surface area contributed by atoms with Gasteiger partial charge in [-0.1, -0.05) is 57.6 Å². The number of nitrogens with two attached hydrogens (primary N) is 1. The first kappa shape index (κ1) is 13.7. The minimum Gasteiger partial charge on any atom is -0.330 e. The molecule has 0 aromatic carbocycles. The Kier molecular flexibility index (Phi) is 10.5. The maximum atomic E-state index is 5.67. The normalized spacial score (nSPS) is 13.6. The molecule has 0 heterocycles. The lowest BCUT2D eigenvalue weighted by atomic mass is 10.00. The summed E-state index contributed by atoms with van der Waals surface area (Å²) in [5, 5.41) is 0. The van der Waals surface area contributed by atoms with Crippen LogP contribution in [0.25, 0.3) is 0 Å². The molecule has 0 aromatic rings. The van der Waals surface area contributed by atoms with Crippen LogP contribution in [0, 0.1) is 5.92 Å². The van der Waals surface area contributed by atoms with Crippen LogP contribution in [0.2, 0.25) is 0 Å². The molecule has 0 fully saturated rings. The molecule has 0 aliphatic carbocycles. The molecule has 0 amide bonds. The summed E-state index contributed by atoms with van der Waals surface area (Å²) in [6, 6.07) is 0. The first-order valence-electron chi connectivity index (χ1n) is 6.18. The second kappa shape index (κ2) is 10.8. The third-order valence-electron chi connectivity index (χ3n) is 2.70. The minimum atomic E-state index is 0.617. The van der Waals surface area contributed by atoms with Gasteiger partial charge in [-0.3, -0.25) is 0 Å². The van der Waals surface area contributed by atoms with Crippen molar-refractivity contribution in [3.05, 3.63) is 12.2 Å². The van der Waals surface area contributed by atoms with Gasteiger partial charge in [0.25, 0.3) is 0 Å². The van der Waals surface area contributed by atoms with Gasteiger partial charge in [-0.2, -0.15) is 0 Å². The van der Waals surface area contributed by atoms with Crippen molar-refractivity contribution in [2.45, 2.75) is 58.8 Å². The third-order valence-corrected chi connectivity index (χ3v) is 2.70. The Morgan fingerprint density at radius 3 is 2.29 bits per heavy atom. The fourth-order valence-electron chi connectivity index (χ4n) is 1.75. The molecule has 0 saturated heterocycles. The lowest BCUT2D eigenvalue weighted by Gasteiger charge is -2.08. The highest BCUT2D eigenvalue weighted by atomic mass is 14.5. The number of rotatable bonds is 9. The molecule has 1 heteroatoms. The molecule has 0 aliphatic rings. The summed E-state index contributed by atoms with van der Waals surface area (Å²) in [7, 11) is 0. The molecule has 0 saturated carbocycles. The Balaban J connectivity index is 3.24. The van der Waals surface area contributed by atoms with Gasteiger partial charge in [-0.05, 0) is 25.8 Å². The molecule has 14 heavy (non-hydrogen) atoms. The largest absolute Gasteiger partial charge is 0.330 e. The maximum Gasteiger partial charge on any atom is -0.00142 e. The summed E-state index contributed by atoms with van der Waals surface area (Å²) in [5.74, 6) is 0.617. The lowest BCUT2D eigenvalue weighted by molar-refractivity contribution is 0.524. The smallest absolute Gasteiger partial charge is 0.00142 e. The first-order valence-corrected chi connectivity index (χ1v) is 6.18. The van der Waals surface area contributed by atoms with Crippen molar-refractivity contribution in [3.8, 4) is 0 Å². The summed E-state index contributed by atoms with van der Waals surface area (Å²) in [5.41, 5.74) is 5.67. The number of hydrogen-bond acceptors (Lipinski definition) is 1. The van der Waals surface area contributed by atoms with Crippen LogP contribution >= 0.6 is 0 Å². The van der Waals surface area contributed by atoms with Crippen LogP contribution in [0.4, 0.5) is 0 Å². The highest BCUT2D eigenvalue weighted by molar-refractivity contribution is 4.85. The highest BCUT2D eigenvalue weighted by Crippen LogP contribution is 2.12. The van der Waals surface area contributed by atoms with Crippen LogP contribution < -0.4 is 5.73 Å². The fraction of sp³-hybridized carbons (Fsp3) is 0.846. The molecule has 0 aliphatic heterocycles. The zero-order valence-corrected chi connectivity index (χ0v) is 9.97. The van der Waals surface area contributed by atoms with Gasteiger partial charge < -0.3 is 5.73 Å². The van der Waals surface area contributed by atoms with Gasteiger partial charge >= 0.3 is 0 Å². The standard InChI is InChI=1S/C13H27N/c1-3-5-6-7-8-9-11-13(12-14)10-4-2/h4,10,13H,3,5-9,11-12,14H2,1-2H3. The van der Waals surface area contributed by atoms with Gasteiger partial charge in [0.05, 0.1) is 0 Å². The fourth-order valence-corrected chi connectivity index (χ4v) is 1.75. The second-order valence-electron chi connectivity index (χ2n) is 4.08. The Labute approximate surface area is 89.8 Å². The van der Waals surface area contributed by atoms with E-state index >= 15 is 0 Å². The average Bonchev–Trinajstić information content (AvgIpc) is 2.21. The van der Waals surface area contributed by atoms with Crippen LogP contribution in [-0.2, 0) is 0 Å². The number of allylic oxidation sites excluding steroid dienone is 1. The van der Waals surface area contributed by atoms with E-state index in [1.54, 1.807) is 0 Å². The highest BCUT2D eigenvalue weighted by Gasteiger charge is 2.00. The summed E-state index contributed by atoms with van der Waals surface area (Å²) < 4.78 is 0. The molecule has 1 atom stereocenters. The van der Waals surface area contributed by atoms with Crippen molar-refractivity contribution in [2.75, 3.05) is 6.54 Å². The monoisotopic (exact) mass is 197 g/mol. The summed E-state index contributed by atoms with van der Waals surface area (Å²) in [4.78, 5) is 0. The van der Waals surface area contributed by atoms with E-state index in [0.717, 1.165) is 6.54 Å². The zero-order chi connectivity index (χ0) is 10.6. The lowest BCUT2D eigenvalue weighted by Crippen LogP contribution is -2.11. The molecule has 2 N–H and O–H groups in total. The van der Waals surface area contributed by atoms with Crippen molar-refractivity contribution in [1.82, 2.24) is 0 Å². The summed E-state index contributed by atoms with van der Waals surface area (Å²) >= 11 is 0. The van der Waals surface area contributed by atoms with Crippen LogP contribution in [0.1, 0.15) is 58.8 Å². The average molecular weight is 197 g/mol. The quantitative estimate of drug-likeness (QED) is 0.440. The van der Waals surface area contributed by atoms with Crippen LogP contribution in [0.15, 0.2) is 12.2 Å². The topological polar surface area (TPSA) is 26.0 Å².